The van der Waals surface area contributed by atoms with Crippen molar-refractivity contribution in [3.8, 4) is 11.5 Å². The molecule has 1 N–H and O–H groups in total. The zero-order valence-electron chi connectivity index (χ0n) is 20.1. The average Bonchev–Trinajstić information content (AvgIpc) is 3.21. The molecule has 3 aromatic rings. The quantitative estimate of drug-likeness (QED) is 0.524. The van der Waals surface area contributed by atoms with Crippen molar-refractivity contribution in [2.45, 2.75) is 25.6 Å². The first-order valence-electron chi connectivity index (χ1n) is 11.7. The zero-order valence-corrected chi connectivity index (χ0v) is 20.1. The van der Waals surface area contributed by atoms with Gasteiger partial charge in [-0.2, -0.15) is 0 Å². The first-order valence-corrected chi connectivity index (χ1v) is 11.7. The van der Waals surface area contributed by atoms with Crippen LogP contribution in [0.25, 0.3) is 0 Å². The molecule has 0 fully saturated rings. The molecule has 2 aliphatic rings. The minimum Gasteiger partial charge on any atom is -0.493 e. The van der Waals surface area contributed by atoms with E-state index in [2.05, 4.69) is 10.3 Å². The largest absolute Gasteiger partial charge is 0.493 e. The maximum Gasteiger partial charge on any atom is 0.264 e. The number of hydrogen-bond donors (Lipinski definition) is 1. The molecule has 9 heteroatoms. The van der Waals surface area contributed by atoms with Gasteiger partial charge in [-0.15, -0.1) is 0 Å². The molecule has 1 atom stereocenters. The number of aromatic nitrogens is 1. The van der Waals surface area contributed by atoms with Crippen LogP contribution in [0, 0.1) is 0 Å². The van der Waals surface area contributed by atoms with E-state index >= 15 is 0 Å². The van der Waals surface area contributed by atoms with Gasteiger partial charge in [-0.3, -0.25) is 24.3 Å². The minimum atomic E-state index is -0.631. The zero-order chi connectivity index (χ0) is 25.2. The molecule has 0 aliphatic carbocycles. The SMILES string of the molecule is COc1ccc2c(c1OC)C(=O)N1c3ccccc3C(=O)N(CCCC(=O)NCc3cccnc3)[C@@H]21. The van der Waals surface area contributed by atoms with Gasteiger partial charge in [0.15, 0.2) is 11.5 Å². The number of fused-ring (bicyclic) bond motifs is 5. The third kappa shape index (κ3) is 3.92. The summed E-state index contributed by atoms with van der Waals surface area (Å²) in [5, 5.41) is 2.88. The number of benzene rings is 2. The molecule has 184 valence electrons. The number of carbonyl (C=O) groups excluding carboxylic acids is 3. The Kier molecular flexibility index (Phi) is 6.28. The van der Waals surface area contributed by atoms with Crippen LogP contribution in [0.4, 0.5) is 5.69 Å². The van der Waals surface area contributed by atoms with Gasteiger partial charge in [-0.05, 0) is 36.2 Å². The van der Waals surface area contributed by atoms with Gasteiger partial charge in [-0.1, -0.05) is 24.3 Å². The maximum absolute atomic E-state index is 13.7. The van der Waals surface area contributed by atoms with E-state index in [1.165, 1.54) is 14.2 Å². The first-order chi connectivity index (χ1) is 17.5. The van der Waals surface area contributed by atoms with Crippen LogP contribution in [0.1, 0.15) is 50.9 Å². The van der Waals surface area contributed by atoms with E-state index in [9.17, 15) is 14.4 Å². The molecule has 0 saturated carbocycles. The summed E-state index contributed by atoms with van der Waals surface area (Å²) in [7, 11) is 3.01. The van der Waals surface area contributed by atoms with Crippen LogP contribution in [0.3, 0.4) is 0 Å². The molecule has 2 aliphatic heterocycles. The minimum absolute atomic E-state index is 0.116. The van der Waals surface area contributed by atoms with Crippen LogP contribution in [-0.2, 0) is 11.3 Å². The number of ether oxygens (including phenoxy) is 2. The predicted octanol–water partition coefficient (Wildman–Crippen LogP) is 3.31. The van der Waals surface area contributed by atoms with Crippen LogP contribution in [0.5, 0.6) is 11.5 Å². The lowest BCUT2D eigenvalue weighted by Crippen LogP contribution is -2.48. The Balaban J connectivity index is 1.40. The van der Waals surface area contributed by atoms with E-state index in [0.717, 1.165) is 5.56 Å². The lowest BCUT2D eigenvalue weighted by Gasteiger charge is -2.41. The number of methoxy groups -OCH3 is 2. The molecule has 9 nitrogen and oxygen atoms in total. The second kappa shape index (κ2) is 9.69. The standard InChI is InChI=1S/C27H26N4O5/c1-35-21-12-11-19-23(24(21)36-2)27(34)31-20-9-4-3-8-18(20)26(33)30(25(19)31)14-6-10-22(32)29-16-17-7-5-13-28-15-17/h3-5,7-9,11-13,15,25H,6,10,14,16H2,1-2H3,(H,29,32)/t25-/m1/s1. The van der Waals surface area contributed by atoms with Crippen LogP contribution in [0.2, 0.25) is 0 Å². The Morgan fingerprint density at radius 2 is 1.86 bits per heavy atom. The molecule has 0 bridgehead atoms. The summed E-state index contributed by atoms with van der Waals surface area (Å²) in [5.41, 5.74) is 2.96. The highest BCUT2D eigenvalue weighted by molar-refractivity contribution is 6.18. The van der Waals surface area contributed by atoms with Crippen LogP contribution >= 0.6 is 0 Å². The third-order valence-electron chi connectivity index (χ3n) is 6.50. The predicted molar refractivity (Wildman–Crippen MR) is 132 cm³/mol. The second-order valence-electron chi connectivity index (χ2n) is 8.57. The van der Waals surface area contributed by atoms with E-state index < -0.39 is 6.17 Å². The van der Waals surface area contributed by atoms with E-state index in [4.69, 9.17) is 9.47 Å². The van der Waals surface area contributed by atoms with Crippen LogP contribution in [0.15, 0.2) is 60.9 Å². The fourth-order valence-corrected chi connectivity index (χ4v) is 4.85. The molecule has 3 amide bonds. The fraction of sp³-hybridized carbons (Fsp3) is 0.259. The van der Waals surface area contributed by atoms with Crippen molar-refractivity contribution in [2.75, 3.05) is 25.7 Å². The van der Waals surface area contributed by atoms with Gasteiger partial charge in [-0.25, -0.2) is 0 Å². The normalized spacial score (nSPS) is 15.8. The van der Waals surface area contributed by atoms with Crippen molar-refractivity contribution in [1.82, 2.24) is 15.2 Å². The molecule has 36 heavy (non-hydrogen) atoms. The number of carbonyl (C=O) groups is 3. The first kappa shape index (κ1) is 23.3. The van der Waals surface area contributed by atoms with Crippen molar-refractivity contribution >= 4 is 23.4 Å². The molecule has 0 unspecified atom stereocenters. The summed E-state index contributed by atoms with van der Waals surface area (Å²) in [6.07, 6.45) is 3.43. The molecule has 3 heterocycles. The third-order valence-corrected chi connectivity index (χ3v) is 6.50. The molecule has 0 radical (unpaired) electrons. The second-order valence-corrected chi connectivity index (χ2v) is 8.57. The monoisotopic (exact) mass is 486 g/mol. The highest BCUT2D eigenvalue weighted by Gasteiger charge is 2.49. The van der Waals surface area contributed by atoms with Gasteiger partial charge in [0, 0.05) is 37.5 Å². The summed E-state index contributed by atoms with van der Waals surface area (Å²) >= 11 is 0. The van der Waals surface area contributed by atoms with E-state index in [1.54, 1.807) is 58.6 Å². The van der Waals surface area contributed by atoms with Crippen molar-refractivity contribution in [2.24, 2.45) is 0 Å². The molecule has 0 saturated heterocycles. The highest BCUT2D eigenvalue weighted by atomic mass is 16.5. The van der Waals surface area contributed by atoms with Gasteiger partial charge in [0.1, 0.15) is 6.17 Å². The lowest BCUT2D eigenvalue weighted by molar-refractivity contribution is -0.121. The summed E-state index contributed by atoms with van der Waals surface area (Å²) in [4.78, 5) is 47.0. The molecular formula is C27H26N4O5. The van der Waals surface area contributed by atoms with E-state index in [-0.39, 0.29) is 24.1 Å². The number of nitrogens with zero attached hydrogens (tertiary/aromatic N) is 3. The van der Waals surface area contributed by atoms with Gasteiger partial charge in [0.05, 0.1) is 31.0 Å². The number of para-hydroxylation sites is 1. The number of hydrogen-bond acceptors (Lipinski definition) is 6. The maximum atomic E-state index is 13.7. The molecule has 1 aromatic heterocycles. The van der Waals surface area contributed by atoms with Gasteiger partial charge >= 0.3 is 0 Å². The number of amides is 3. The number of pyridine rings is 1. The molecular weight excluding hydrogens is 460 g/mol. The number of rotatable bonds is 8. The Morgan fingerprint density at radius 3 is 2.61 bits per heavy atom. The van der Waals surface area contributed by atoms with Gasteiger partial charge in [0.25, 0.3) is 11.8 Å². The average molecular weight is 487 g/mol. The Morgan fingerprint density at radius 1 is 1.03 bits per heavy atom. The summed E-state index contributed by atoms with van der Waals surface area (Å²) in [6, 6.07) is 14.3. The topological polar surface area (TPSA) is 101 Å². The summed E-state index contributed by atoms with van der Waals surface area (Å²) in [6.45, 7) is 0.693. The Bertz CT molecular complexity index is 1330. The molecule has 5 rings (SSSR count). The van der Waals surface area contributed by atoms with Crippen molar-refractivity contribution in [3.63, 3.8) is 0 Å². The fourth-order valence-electron chi connectivity index (χ4n) is 4.85. The smallest absolute Gasteiger partial charge is 0.264 e. The number of anilines is 1. The van der Waals surface area contributed by atoms with Gasteiger partial charge < -0.3 is 19.7 Å². The summed E-state index contributed by atoms with van der Waals surface area (Å²) in [5.74, 6) is 0.229. The van der Waals surface area contributed by atoms with Crippen LogP contribution < -0.4 is 19.7 Å². The summed E-state index contributed by atoms with van der Waals surface area (Å²) < 4.78 is 11.0. The Hall–Kier alpha value is -4.40. The number of nitrogens with one attached hydrogen (secondary N) is 1. The van der Waals surface area contributed by atoms with Crippen molar-refractivity contribution < 1.29 is 23.9 Å². The van der Waals surface area contributed by atoms with Crippen molar-refractivity contribution in [1.29, 1.82) is 0 Å². The highest BCUT2D eigenvalue weighted by Crippen LogP contribution is 2.49. The van der Waals surface area contributed by atoms with Crippen LogP contribution in [-0.4, -0.2) is 48.4 Å². The Labute approximate surface area is 208 Å². The molecule has 2 aromatic carbocycles. The van der Waals surface area contributed by atoms with E-state index in [0.29, 0.717) is 53.4 Å². The lowest BCUT2D eigenvalue weighted by atomic mass is 10.0. The van der Waals surface area contributed by atoms with E-state index in [1.807, 2.05) is 12.1 Å². The molecule has 0 spiro atoms. The van der Waals surface area contributed by atoms with Gasteiger partial charge in [0.2, 0.25) is 5.91 Å². The van der Waals surface area contributed by atoms with Crippen molar-refractivity contribution in [3.05, 3.63) is 83.2 Å².